The first-order valence-electron chi connectivity index (χ1n) is 11.6. The molecule has 0 saturated carbocycles. The maximum Gasteiger partial charge on any atom is 0.275 e. The summed E-state index contributed by atoms with van der Waals surface area (Å²) < 4.78 is 2.83. The topological polar surface area (TPSA) is 119 Å². The molecule has 0 saturated heterocycles. The highest BCUT2D eigenvalue weighted by atomic mass is 16.6. The Morgan fingerprint density at radius 1 is 0.778 bits per heavy atom. The molecule has 0 spiro atoms. The fraction of sp³-hybridized carbons (Fsp3) is 0.185. The van der Waals surface area contributed by atoms with Crippen LogP contribution in [0.5, 0.6) is 0 Å². The summed E-state index contributed by atoms with van der Waals surface area (Å²) in [6.07, 6.45) is 6.58. The first-order valence-corrected chi connectivity index (χ1v) is 11.6. The van der Waals surface area contributed by atoms with E-state index in [0.29, 0.717) is 33.9 Å². The van der Waals surface area contributed by atoms with E-state index in [1.165, 1.54) is 15.4 Å². The number of H-pyrrole nitrogens is 2. The third-order valence-electron chi connectivity index (χ3n) is 6.66. The maximum absolute atomic E-state index is 13.8. The van der Waals surface area contributed by atoms with Gasteiger partial charge in [-0.15, -0.1) is 0 Å². The number of hydrogen-bond donors (Lipinski definition) is 2. The van der Waals surface area contributed by atoms with Crippen molar-refractivity contribution in [2.45, 2.75) is 25.8 Å². The molecular weight excluding hydrogens is 458 g/mol. The van der Waals surface area contributed by atoms with Gasteiger partial charge in [0, 0.05) is 33.4 Å². The Labute approximate surface area is 206 Å². The molecule has 2 aromatic carbocycles. The molecule has 1 aliphatic carbocycles. The Morgan fingerprint density at radius 3 is 1.67 bits per heavy atom. The van der Waals surface area contributed by atoms with Crippen LogP contribution in [0.2, 0.25) is 0 Å². The number of nitro groups is 1. The molecule has 1 aliphatic rings. The fourth-order valence-electron chi connectivity index (χ4n) is 5.03. The lowest BCUT2D eigenvalue weighted by atomic mass is 9.75. The zero-order valence-electron chi connectivity index (χ0n) is 19.8. The number of nitrogens with zero attached hydrogens (tertiary/aromatic N) is 3. The van der Waals surface area contributed by atoms with Gasteiger partial charge in [0.05, 0.1) is 17.3 Å². The minimum Gasteiger partial charge on any atom is -0.295 e. The van der Waals surface area contributed by atoms with Gasteiger partial charge in [-0.1, -0.05) is 54.6 Å². The normalized spacial score (nSPS) is 17.1. The maximum atomic E-state index is 13.8. The van der Waals surface area contributed by atoms with E-state index >= 15 is 0 Å². The fourth-order valence-corrected chi connectivity index (χ4v) is 5.03. The first-order chi connectivity index (χ1) is 17.4. The average Bonchev–Trinajstić information content (AvgIpc) is 3.36. The van der Waals surface area contributed by atoms with Gasteiger partial charge in [0.25, 0.3) is 11.1 Å². The molecule has 2 atom stereocenters. The van der Waals surface area contributed by atoms with Crippen LogP contribution in [0.15, 0.2) is 94.6 Å². The molecular formula is C27H25N5O4. The number of aryl methyl sites for hydroxylation is 2. The minimum absolute atomic E-state index is 0.329. The molecule has 4 aromatic rings. The summed E-state index contributed by atoms with van der Waals surface area (Å²) in [5, 5.41) is 18.3. The second-order valence-electron chi connectivity index (χ2n) is 8.85. The highest BCUT2D eigenvalue weighted by Gasteiger charge is 2.42. The number of rotatable bonds is 6. The molecule has 0 fully saturated rings. The van der Waals surface area contributed by atoms with Crippen LogP contribution in [-0.4, -0.2) is 30.5 Å². The smallest absolute Gasteiger partial charge is 0.275 e. The van der Waals surface area contributed by atoms with Crippen LogP contribution < -0.4 is 11.1 Å². The molecule has 0 unspecified atom stereocenters. The van der Waals surface area contributed by atoms with E-state index in [9.17, 15) is 19.7 Å². The summed E-state index contributed by atoms with van der Waals surface area (Å²) >= 11 is 0. The van der Waals surface area contributed by atoms with Crippen molar-refractivity contribution in [3.8, 4) is 11.4 Å². The summed E-state index contributed by atoms with van der Waals surface area (Å²) in [7, 11) is 0. The lowest BCUT2D eigenvalue weighted by Crippen LogP contribution is -2.36. The van der Waals surface area contributed by atoms with E-state index in [4.69, 9.17) is 0 Å². The van der Waals surface area contributed by atoms with E-state index in [-0.39, 0.29) is 16.0 Å². The van der Waals surface area contributed by atoms with Crippen LogP contribution in [0.4, 0.5) is 0 Å². The highest BCUT2D eigenvalue weighted by molar-refractivity contribution is 5.43. The molecule has 2 heterocycles. The Bertz CT molecular complexity index is 1490. The second-order valence-corrected chi connectivity index (χ2v) is 8.85. The summed E-state index contributed by atoms with van der Waals surface area (Å²) in [4.78, 5) is 39.3. The van der Waals surface area contributed by atoms with E-state index in [2.05, 4.69) is 10.2 Å². The Kier molecular flexibility index (Phi) is 5.89. The van der Waals surface area contributed by atoms with Crippen molar-refractivity contribution in [3.63, 3.8) is 0 Å². The largest absolute Gasteiger partial charge is 0.295 e. The van der Waals surface area contributed by atoms with Crippen LogP contribution in [0.25, 0.3) is 11.4 Å². The van der Waals surface area contributed by atoms with Crippen molar-refractivity contribution >= 4 is 0 Å². The van der Waals surface area contributed by atoms with Crippen LogP contribution in [-0.2, 0) is 0 Å². The van der Waals surface area contributed by atoms with Gasteiger partial charge in [-0.25, -0.2) is 9.36 Å². The number of aromatic nitrogens is 4. The van der Waals surface area contributed by atoms with Gasteiger partial charge in [0.15, 0.2) is 0 Å². The molecule has 5 rings (SSSR count). The van der Waals surface area contributed by atoms with Crippen molar-refractivity contribution < 1.29 is 4.92 Å². The van der Waals surface area contributed by atoms with E-state index < -0.39 is 17.9 Å². The molecule has 2 N–H and O–H groups in total. The predicted octanol–water partition coefficient (Wildman–Crippen LogP) is 3.78. The van der Waals surface area contributed by atoms with Gasteiger partial charge >= 0.3 is 0 Å². The molecule has 9 nitrogen and oxygen atoms in total. The van der Waals surface area contributed by atoms with Gasteiger partial charge in [-0.2, -0.15) is 0 Å². The molecule has 0 amide bonds. The monoisotopic (exact) mass is 483 g/mol. The van der Waals surface area contributed by atoms with Gasteiger partial charge < -0.3 is 0 Å². The number of nitrogens with one attached hydrogen (secondary N) is 2. The first kappa shape index (κ1) is 23.1. The van der Waals surface area contributed by atoms with Gasteiger partial charge in [0.1, 0.15) is 0 Å². The quantitative estimate of drug-likeness (QED) is 0.320. The Balaban J connectivity index is 1.77. The predicted molar refractivity (Wildman–Crippen MR) is 137 cm³/mol. The summed E-state index contributed by atoms with van der Waals surface area (Å²) in [6.45, 7) is 3.51. The summed E-state index contributed by atoms with van der Waals surface area (Å²) in [5.41, 5.74) is 2.32. The summed E-state index contributed by atoms with van der Waals surface area (Å²) in [6, 6.07) is 17.1. The zero-order valence-corrected chi connectivity index (χ0v) is 19.8. The van der Waals surface area contributed by atoms with Crippen molar-refractivity contribution in [1.82, 2.24) is 19.6 Å². The lowest BCUT2D eigenvalue weighted by Gasteiger charge is -2.26. The number of allylic oxidation sites excluding steroid dienone is 2. The summed E-state index contributed by atoms with van der Waals surface area (Å²) in [5.74, 6) is -1.60. The van der Waals surface area contributed by atoms with Crippen LogP contribution >= 0.6 is 0 Å². The van der Waals surface area contributed by atoms with Crippen molar-refractivity contribution in [3.05, 3.63) is 138 Å². The van der Waals surface area contributed by atoms with E-state index in [0.717, 1.165) is 0 Å². The third-order valence-corrected chi connectivity index (χ3v) is 6.66. The number of benzene rings is 2. The average molecular weight is 484 g/mol. The number of hydrogen-bond acceptors (Lipinski definition) is 4. The molecule has 0 aliphatic heterocycles. The SMILES string of the molecule is Cc1[nH]n(-c2ccccc2)c(=O)c1C(c1c(C)[nH]n(-c2ccccc2)c1=O)[C@H]1C=CC=C[C@H]1[N+](=O)[O-]. The van der Waals surface area contributed by atoms with Crippen LogP contribution in [0.1, 0.15) is 28.4 Å². The Morgan fingerprint density at radius 2 is 1.22 bits per heavy atom. The molecule has 0 bridgehead atoms. The van der Waals surface area contributed by atoms with E-state index in [1.807, 2.05) is 36.4 Å². The van der Waals surface area contributed by atoms with Crippen molar-refractivity contribution in [2.75, 3.05) is 0 Å². The molecule has 182 valence electrons. The highest BCUT2D eigenvalue weighted by Crippen LogP contribution is 2.37. The zero-order chi connectivity index (χ0) is 25.4. The third kappa shape index (κ3) is 3.84. The number of aromatic amines is 2. The standard InChI is InChI=1S/C27H25N5O4/c1-17-23(26(33)30(28-17)19-11-5-3-6-12-19)25(21-15-9-10-16-22(21)32(35)36)24-18(2)29-31(27(24)34)20-13-7-4-8-14-20/h3-16,21-22,25,28-29H,1-2H3/t21-,22+/m0/s1. The van der Waals surface area contributed by atoms with Crippen molar-refractivity contribution in [1.29, 1.82) is 0 Å². The van der Waals surface area contributed by atoms with Crippen LogP contribution in [0.3, 0.4) is 0 Å². The minimum atomic E-state index is -1.10. The molecule has 2 aromatic heterocycles. The second kappa shape index (κ2) is 9.18. The Hall–Kier alpha value is -4.66. The number of para-hydroxylation sites is 2. The van der Waals surface area contributed by atoms with Crippen LogP contribution in [0, 0.1) is 29.9 Å². The van der Waals surface area contributed by atoms with Gasteiger partial charge in [-0.3, -0.25) is 29.9 Å². The van der Waals surface area contributed by atoms with Crippen molar-refractivity contribution in [2.24, 2.45) is 5.92 Å². The lowest BCUT2D eigenvalue weighted by molar-refractivity contribution is -0.517. The van der Waals surface area contributed by atoms with E-state index in [1.54, 1.807) is 56.3 Å². The molecule has 0 radical (unpaired) electrons. The van der Waals surface area contributed by atoms with Gasteiger partial charge in [0.2, 0.25) is 6.04 Å². The molecule has 9 heteroatoms. The van der Waals surface area contributed by atoms with Gasteiger partial charge in [-0.05, 0) is 44.2 Å². The molecule has 36 heavy (non-hydrogen) atoms.